The number of nitrogens with zero attached hydrogens (tertiary/aromatic N) is 1. The number of rotatable bonds is 7. The molecule has 0 saturated carbocycles. The molecular formula is C15H24NOS. The van der Waals surface area contributed by atoms with Crippen molar-refractivity contribution >= 4 is 11.3 Å². The first kappa shape index (κ1) is 14.0. The second-order valence-electron chi connectivity index (χ2n) is 5.30. The first-order chi connectivity index (χ1) is 8.79. The molecule has 1 fully saturated rings. The Kier molecular flexibility index (Phi) is 5.67. The Morgan fingerprint density at radius 2 is 2.50 bits per heavy atom. The van der Waals surface area contributed by atoms with Crippen molar-refractivity contribution in [3.8, 4) is 0 Å². The fourth-order valence-electron chi connectivity index (χ4n) is 2.76. The Hall–Kier alpha value is -0.380. The van der Waals surface area contributed by atoms with Crippen LogP contribution in [0.3, 0.4) is 0 Å². The van der Waals surface area contributed by atoms with E-state index >= 15 is 0 Å². The molecule has 0 aliphatic carbocycles. The summed E-state index contributed by atoms with van der Waals surface area (Å²) >= 11 is 1.85. The maximum absolute atomic E-state index is 9.06. The van der Waals surface area contributed by atoms with Gasteiger partial charge in [0.05, 0.1) is 0 Å². The molecule has 0 aromatic carbocycles. The highest BCUT2D eigenvalue weighted by atomic mass is 32.1. The van der Waals surface area contributed by atoms with Gasteiger partial charge >= 0.3 is 0 Å². The lowest BCUT2D eigenvalue weighted by atomic mass is 10.0. The van der Waals surface area contributed by atoms with E-state index in [1.54, 1.807) is 0 Å². The normalized spacial score (nSPS) is 22.4. The Morgan fingerprint density at radius 3 is 3.22 bits per heavy atom. The number of aliphatic hydroxyl groups excluding tert-OH is 1. The summed E-state index contributed by atoms with van der Waals surface area (Å²) in [5.41, 5.74) is 0. The first-order valence-corrected chi connectivity index (χ1v) is 7.88. The quantitative estimate of drug-likeness (QED) is 0.820. The number of hydrogen-bond acceptors (Lipinski definition) is 3. The van der Waals surface area contributed by atoms with Crippen LogP contribution in [0.4, 0.5) is 0 Å². The van der Waals surface area contributed by atoms with Crippen molar-refractivity contribution in [3.63, 3.8) is 0 Å². The van der Waals surface area contributed by atoms with E-state index in [4.69, 9.17) is 5.11 Å². The Morgan fingerprint density at radius 1 is 1.61 bits per heavy atom. The molecule has 2 heterocycles. The second kappa shape index (κ2) is 7.27. The molecule has 0 bridgehead atoms. The molecule has 3 heteroatoms. The lowest BCUT2D eigenvalue weighted by molar-refractivity contribution is 0.201. The van der Waals surface area contributed by atoms with Gasteiger partial charge < -0.3 is 10.0 Å². The van der Waals surface area contributed by atoms with E-state index in [9.17, 15) is 0 Å². The molecule has 2 unspecified atom stereocenters. The maximum Gasteiger partial charge on any atom is 0.0445 e. The summed E-state index contributed by atoms with van der Waals surface area (Å²) in [6, 6.07) is 4.96. The van der Waals surface area contributed by atoms with E-state index in [1.165, 1.54) is 24.3 Å². The molecule has 0 spiro atoms. The maximum atomic E-state index is 9.06. The standard InChI is InChI=1S/C15H24NOS/c1-13(12-15-5-3-11-18-15)6-9-16-8-2-4-14(16)7-10-17/h3,5-6,11,13-14,17H,2,4,7-10,12H2,1H3. The van der Waals surface area contributed by atoms with Crippen molar-refractivity contribution in [1.82, 2.24) is 4.90 Å². The Balaban J connectivity index is 1.70. The van der Waals surface area contributed by atoms with Crippen LogP contribution in [0.15, 0.2) is 17.5 Å². The molecule has 1 aliphatic heterocycles. The van der Waals surface area contributed by atoms with E-state index in [0.717, 1.165) is 19.4 Å². The van der Waals surface area contributed by atoms with Gasteiger partial charge in [-0.05, 0) is 56.0 Å². The molecule has 1 N–H and O–H groups in total. The molecule has 1 saturated heterocycles. The van der Waals surface area contributed by atoms with Crippen molar-refractivity contribution in [1.29, 1.82) is 0 Å². The molecule has 0 amide bonds. The Bertz CT molecular complexity index is 325. The van der Waals surface area contributed by atoms with E-state index in [-0.39, 0.29) is 0 Å². The topological polar surface area (TPSA) is 23.5 Å². The summed E-state index contributed by atoms with van der Waals surface area (Å²) in [4.78, 5) is 4.01. The minimum Gasteiger partial charge on any atom is -0.396 e. The summed E-state index contributed by atoms with van der Waals surface area (Å²) in [5, 5.41) is 11.2. The molecule has 1 aromatic heterocycles. The number of thiophene rings is 1. The van der Waals surface area contributed by atoms with Gasteiger partial charge in [0.25, 0.3) is 0 Å². The van der Waals surface area contributed by atoms with E-state index < -0.39 is 0 Å². The van der Waals surface area contributed by atoms with Crippen molar-refractivity contribution in [2.45, 2.75) is 38.6 Å². The summed E-state index contributed by atoms with van der Waals surface area (Å²) in [6.07, 6.45) is 7.09. The van der Waals surface area contributed by atoms with Gasteiger partial charge in [-0.25, -0.2) is 0 Å². The van der Waals surface area contributed by atoms with Crippen LogP contribution in [0.2, 0.25) is 0 Å². The van der Waals surface area contributed by atoms with Crippen LogP contribution in [-0.2, 0) is 6.42 Å². The summed E-state index contributed by atoms with van der Waals surface area (Å²) < 4.78 is 0. The number of hydrogen-bond donors (Lipinski definition) is 1. The largest absolute Gasteiger partial charge is 0.396 e. The summed E-state index contributed by atoms with van der Waals surface area (Å²) in [7, 11) is 0. The van der Waals surface area contributed by atoms with E-state index in [2.05, 4.69) is 35.8 Å². The third kappa shape index (κ3) is 4.08. The molecule has 2 atom stereocenters. The van der Waals surface area contributed by atoms with Crippen LogP contribution in [0.1, 0.15) is 31.1 Å². The van der Waals surface area contributed by atoms with Crippen LogP contribution in [-0.4, -0.2) is 35.7 Å². The van der Waals surface area contributed by atoms with Crippen LogP contribution in [0.5, 0.6) is 0 Å². The smallest absolute Gasteiger partial charge is 0.0445 e. The second-order valence-corrected chi connectivity index (χ2v) is 6.33. The molecule has 1 aliphatic rings. The third-order valence-electron chi connectivity index (χ3n) is 3.81. The highest BCUT2D eigenvalue weighted by Gasteiger charge is 2.23. The van der Waals surface area contributed by atoms with Crippen LogP contribution >= 0.6 is 11.3 Å². The van der Waals surface area contributed by atoms with Gasteiger partial charge in [0, 0.05) is 24.1 Å². The van der Waals surface area contributed by atoms with E-state index in [0.29, 0.717) is 18.6 Å². The van der Waals surface area contributed by atoms with Crippen LogP contribution in [0.25, 0.3) is 0 Å². The minimum absolute atomic E-state index is 0.325. The SMILES string of the molecule is CC([CH]CN1CCCC1CCO)Cc1cccs1. The predicted molar refractivity (Wildman–Crippen MR) is 77.8 cm³/mol. The Labute approximate surface area is 115 Å². The fourth-order valence-corrected chi connectivity index (χ4v) is 3.60. The van der Waals surface area contributed by atoms with Gasteiger partial charge in [-0.3, -0.25) is 0 Å². The summed E-state index contributed by atoms with van der Waals surface area (Å²) in [5.74, 6) is 0.638. The molecule has 1 aromatic rings. The highest BCUT2D eigenvalue weighted by Crippen LogP contribution is 2.22. The molecule has 2 rings (SSSR count). The number of likely N-dealkylation sites (tertiary alicyclic amines) is 1. The monoisotopic (exact) mass is 266 g/mol. The fraction of sp³-hybridized carbons (Fsp3) is 0.667. The average Bonchev–Trinajstić information content (AvgIpc) is 2.99. The zero-order valence-corrected chi connectivity index (χ0v) is 12.0. The van der Waals surface area contributed by atoms with Gasteiger partial charge in [0.1, 0.15) is 0 Å². The number of aliphatic hydroxyl groups is 1. The van der Waals surface area contributed by atoms with Gasteiger partial charge in [0.15, 0.2) is 0 Å². The average molecular weight is 266 g/mol. The molecular weight excluding hydrogens is 242 g/mol. The van der Waals surface area contributed by atoms with Crippen molar-refractivity contribution < 1.29 is 5.11 Å². The van der Waals surface area contributed by atoms with Crippen molar-refractivity contribution in [2.24, 2.45) is 5.92 Å². The van der Waals surface area contributed by atoms with Gasteiger partial charge in [0.2, 0.25) is 0 Å². The molecule has 2 nitrogen and oxygen atoms in total. The van der Waals surface area contributed by atoms with E-state index in [1.807, 2.05) is 11.3 Å². The molecule has 18 heavy (non-hydrogen) atoms. The molecule has 101 valence electrons. The van der Waals surface area contributed by atoms with Crippen LogP contribution < -0.4 is 0 Å². The zero-order valence-electron chi connectivity index (χ0n) is 11.2. The third-order valence-corrected chi connectivity index (χ3v) is 4.71. The van der Waals surface area contributed by atoms with Gasteiger partial charge in [-0.15, -0.1) is 11.3 Å². The zero-order chi connectivity index (χ0) is 12.8. The van der Waals surface area contributed by atoms with Crippen molar-refractivity contribution in [2.75, 3.05) is 19.7 Å². The predicted octanol–water partition coefficient (Wildman–Crippen LogP) is 2.98. The van der Waals surface area contributed by atoms with Crippen molar-refractivity contribution in [3.05, 3.63) is 28.8 Å². The first-order valence-electron chi connectivity index (χ1n) is 7.00. The lowest BCUT2D eigenvalue weighted by Gasteiger charge is -2.25. The minimum atomic E-state index is 0.325. The van der Waals surface area contributed by atoms with Gasteiger partial charge in [-0.1, -0.05) is 13.0 Å². The summed E-state index contributed by atoms with van der Waals surface area (Å²) in [6.45, 7) is 4.91. The van der Waals surface area contributed by atoms with Gasteiger partial charge in [-0.2, -0.15) is 0 Å². The van der Waals surface area contributed by atoms with Crippen LogP contribution in [0, 0.1) is 12.3 Å². The highest BCUT2D eigenvalue weighted by molar-refractivity contribution is 7.09. The lowest BCUT2D eigenvalue weighted by Crippen LogP contribution is -2.32. The molecule has 1 radical (unpaired) electrons.